The van der Waals surface area contributed by atoms with Crippen LogP contribution in [0.5, 0.6) is 5.75 Å². The van der Waals surface area contributed by atoms with E-state index in [1.165, 1.54) is 24.0 Å². The summed E-state index contributed by atoms with van der Waals surface area (Å²) < 4.78 is 5.35. The largest absolute Gasteiger partial charge is 0.496 e. The lowest BCUT2D eigenvalue weighted by Gasteiger charge is -2.16. The molecule has 0 atom stereocenters. The third-order valence-electron chi connectivity index (χ3n) is 3.20. The summed E-state index contributed by atoms with van der Waals surface area (Å²) in [6.45, 7) is 2.93. The molecule has 3 heteroatoms. The third-order valence-corrected chi connectivity index (χ3v) is 3.71. The Bertz CT molecular complexity index is 374. The Hall–Kier alpha value is -0.730. The fraction of sp³-hybridized carbons (Fsp3) is 0.538. The molecule has 0 saturated heterocycles. The van der Waals surface area contributed by atoms with E-state index in [1.54, 1.807) is 7.11 Å². The molecule has 0 spiro atoms. The summed E-state index contributed by atoms with van der Waals surface area (Å²) in [5, 5.41) is 3.53. The van der Waals surface area contributed by atoms with Gasteiger partial charge in [0.15, 0.2) is 0 Å². The van der Waals surface area contributed by atoms with E-state index in [1.807, 2.05) is 6.07 Å². The summed E-state index contributed by atoms with van der Waals surface area (Å²) >= 11 is 5.93. The van der Waals surface area contributed by atoms with E-state index in [0.29, 0.717) is 5.88 Å². The van der Waals surface area contributed by atoms with E-state index < -0.39 is 0 Å². The summed E-state index contributed by atoms with van der Waals surface area (Å²) in [6, 6.07) is 6.25. The lowest BCUT2D eigenvalue weighted by atomic mass is 10.1. The first-order valence-corrected chi connectivity index (χ1v) is 6.17. The quantitative estimate of drug-likeness (QED) is 0.798. The highest BCUT2D eigenvalue weighted by molar-refractivity contribution is 6.18. The first kappa shape index (κ1) is 11.7. The average molecular weight is 240 g/mol. The Morgan fingerprint density at radius 2 is 2.19 bits per heavy atom. The van der Waals surface area contributed by atoms with Gasteiger partial charge in [-0.1, -0.05) is 17.7 Å². The van der Waals surface area contributed by atoms with Crippen LogP contribution in [0.25, 0.3) is 0 Å². The van der Waals surface area contributed by atoms with Crippen LogP contribution in [0.3, 0.4) is 0 Å². The van der Waals surface area contributed by atoms with Gasteiger partial charge in [-0.2, -0.15) is 0 Å². The molecule has 1 aromatic rings. The molecule has 88 valence electrons. The van der Waals surface area contributed by atoms with Crippen LogP contribution >= 0.6 is 11.6 Å². The first-order chi connectivity index (χ1) is 7.69. The van der Waals surface area contributed by atoms with Gasteiger partial charge in [0.1, 0.15) is 5.75 Å². The molecule has 0 radical (unpaired) electrons. The highest BCUT2D eigenvalue weighted by Crippen LogP contribution is 2.37. The number of hydrogen-bond donors (Lipinski definition) is 1. The van der Waals surface area contributed by atoms with E-state index in [2.05, 4.69) is 24.4 Å². The number of halogens is 1. The number of rotatable bonds is 5. The number of nitrogens with one attached hydrogen (secondary N) is 1. The van der Waals surface area contributed by atoms with Crippen molar-refractivity contribution in [3.8, 4) is 5.75 Å². The Labute approximate surface area is 102 Å². The van der Waals surface area contributed by atoms with E-state index >= 15 is 0 Å². The molecule has 16 heavy (non-hydrogen) atoms. The molecule has 2 nitrogen and oxygen atoms in total. The molecular weight excluding hydrogens is 222 g/mol. The molecule has 1 aromatic carbocycles. The minimum absolute atomic E-state index is 0.191. The van der Waals surface area contributed by atoms with Crippen LogP contribution in [0.2, 0.25) is 0 Å². The lowest BCUT2D eigenvalue weighted by molar-refractivity contribution is 0.405. The van der Waals surface area contributed by atoms with Gasteiger partial charge >= 0.3 is 0 Å². The zero-order valence-corrected chi connectivity index (χ0v) is 10.6. The van der Waals surface area contributed by atoms with E-state index in [-0.39, 0.29) is 5.54 Å². The van der Waals surface area contributed by atoms with Gasteiger partial charge in [0.05, 0.1) is 7.11 Å². The Balaban J connectivity index is 2.05. The summed E-state index contributed by atoms with van der Waals surface area (Å²) in [7, 11) is 1.71. The highest BCUT2D eigenvalue weighted by atomic mass is 35.5. The van der Waals surface area contributed by atoms with Crippen molar-refractivity contribution in [2.24, 2.45) is 0 Å². The maximum Gasteiger partial charge on any atom is 0.123 e. The predicted octanol–water partition coefficient (Wildman–Crippen LogP) is 2.86. The lowest BCUT2D eigenvalue weighted by Crippen LogP contribution is -2.32. The van der Waals surface area contributed by atoms with Crippen LogP contribution in [-0.2, 0) is 6.54 Å². The molecule has 1 N–H and O–H groups in total. The molecule has 0 heterocycles. The molecule has 0 amide bonds. The van der Waals surface area contributed by atoms with Gasteiger partial charge in [-0.05, 0) is 25.8 Å². The molecule has 0 unspecified atom stereocenters. The fourth-order valence-electron chi connectivity index (χ4n) is 1.84. The van der Waals surface area contributed by atoms with Crippen LogP contribution in [0.15, 0.2) is 18.2 Å². The third kappa shape index (κ3) is 2.50. The van der Waals surface area contributed by atoms with E-state index in [4.69, 9.17) is 16.3 Å². The van der Waals surface area contributed by atoms with Gasteiger partial charge < -0.3 is 10.1 Å². The van der Waals surface area contributed by atoms with Gasteiger partial charge in [0.25, 0.3) is 0 Å². The second-order valence-electron chi connectivity index (χ2n) is 4.58. The number of ether oxygens (including phenoxy) is 1. The monoisotopic (exact) mass is 239 g/mol. The van der Waals surface area contributed by atoms with Crippen molar-refractivity contribution in [3.05, 3.63) is 29.3 Å². The molecule has 1 aliphatic rings. The standard InChI is InChI=1S/C13H18ClNO/c1-10-3-4-12(16-2)11(7-10)8-15-13(9-14)5-6-13/h3-4,7,15H,5-6,8-9H2,1-2H3. The smallest absolute Gasteiger partial charge is 0.123 e. The van der Waals surface area contributed by atoms with Crippen LogP contribution in [0, 0.1) is 6.92 Å². The summed E-state index contributed by atoms with van der Waals surface area (Å²) in [6.07, 6.45) is 2.37. The Kier molecular flexibility index (Phi) is 3.41. The molecule has 0 bridgehead atoms. The van der Waals surface area contributed by atoms with Crippen LogP contribution < -0.4 is 10.1 Å². The number of hydrogen-bond acceptors (Lipinski definition) is 2. The SMILES string of the molecule is COc1ccc(C)cc1CNC1(CCl)CC1. The number of benzene rings is 1. The Morgan fingerprint density at radius 3 is 2.75 bits per heavy atom. The number of alkyl halides is 1. The van der Waals surface area contributed by atoms with E-state index in [9.17, 15) is 0 Å². The summed E-state index contributed by atoms with van der Waals surface area (Å²) in [4.78, 5) is 0. The van der Waals surface area contributed by atoms with Gasteiger partial charge in [-0.3, -0.25) is 0 Å². The minimum atomic E-state index is 0.191. The minimum Gasteiger partial charge on any atom is -0.496 e. The molecule has 2 rings (SSSR count). The highest BCUT2D eigenvalue weighted by Gasteiger charge is 2.41. The van der Waals surface area contributed by atoms with Crippen molar-refractivity contribution in [3.63, 3.8) is 0 Å². The fourth-order valence-corrected chi connectivity index (χ4v) is 2.20. The maximum atomic E-state index is 5.93. The van der Waals surface area contributed by atoms with Gasteiger partial charge in [-0.15, -0.1) is 11.6 Å². The maximum absolute atomic E-state index is 5.93. The molecule has 1 fully saturated rings. The van der Waals surface area contributed by atoms with Crippen LogP contribution in [-0.4, -0.2) is 18.5 Å². The normalized spacial score (nSPS) is 17.2. The zero-order chi connectivity index (χ0) is 11.6. The van der Waals surface area contributed by atoms with Crippen molar-refractivity contribution < 1.29 is 4.74 Å². The van der Waals surface area contributed by atoms with E-state index in [0.717, 1.165) is 12.3 Å². The Morgan fingerprint density at radius 1 is 1.44 bits per heavy atom. The van der Waals surface area contributed by atoms with Gasteiger partial charge in [-0.25, -0.2) is 0 Å². The van der Waals surface area contributed by atoms with Crippen molar-refractivity contribution in [2.45, 2.75) is 31.8 Å². The number of methoxy groups -OCH3 is 1. The van der Waals surface area contributed by atoms with Crippen LogP contribution in [0.1, 0.15) is 24.0 Å². The topological polar surface area (TPSA) is 21.3 Å². The first-order valence-electron chi connectivity index (χ1n) is 5.64. The van der Waals surface area contributed by atoms with Gasteiger partial charge in [0, 0.05) is 23.5 Å². The van der Waals surface area contributed by atoms with Crippen LogP contribution in [0.4, 0.5) is 0 Å². The summed E-state index contributed by atoms with van der Waals surface area (Å²) in [5.74, 6) is 1.64. The van der Waals surface area contributed by atoms with Crippen molar-refractivity contribution in [1.82, 2.24) is 5.32 Å². The van der Waals surface area contributed by atoms with Crippen molar-refractivity contribution >= 4 is 11.6 Å². The molecular formula is C13H18ClNO. The second-order valence-corrected chi connectivity index (χ2v) is 4.85. The predicted molar refractivity (Wildman–Crippen MR) is 67.3 cm³/mol. The zero-order valence-electron chi connectivity index (χ0n) is 9.85. The average Bonchev–Trinajstić information content (AvgIpc) is 3.07. The number of aryl methyl sites for hydroxylation is 1. The molecule has 0 aromatic heterocycles. The molecule has 1 saturated carbocycles. The van der Waals surface area contributed by atoms with Crippen molar-refractivity contribution in [2.75, 3.05) is 13.0 Å². The van der Waals surface area contributed by atoms with Crippen molar-refractivity contribution in [1.29, 1.82) is 0 Å². The van der Waals surface area contributed by atoms with Gasteiger partial charge in [0.2, 0.25) is 0 Å². The second kappa shape index (κ2) is 4.64. The molecule has 1 aliphatic carbocycles. The molecule has 0 aliphatic heterocycles. The summed E-state index contributed by atoms with van der Waals surface area (Å²) in [5.41, 5.74) is 2.66.